The molecule has 0 aliphatic heterocycles. The van der Waals surface area contributed by atoms with Gasteiger partial charge in [-0.05, 0) is 35.7 Å². The van der Waals surface area contributed by atoms with Crippen molar-refractivity contribution in [2.24, 2.45) is 5.92 Å². The SMILES string of the molecule is CC(C)COc1ccc(COC(=O)Oc2ccc([N+](=O)[O-])cc2)cc1. The van der Waals surface area contributed by atoms with Crippen molar-refractivity contribution in [2.75, 3.05) is 6.61 Å². The molecule has 0 heterocycles. The van der Waals surface area contributed by atoms with Crippen LogP contribution in [-0.4, -0.2) is 17.7 Å². The molecule has 25 heavy (non-hydrogen) atoms. The molecule has 0 N–H and O–H groups in total. The summed E-state index contributed by atoms with van der Waals surface area (Å²) in [4.78, 5) is 21.7. The highest BCUT2D eigenvalue weighted by molar-refractivity contribution is 5.64. The van der Waals surface area contributed by atoms with Crippen LogP contribution in [0.25, 0.3) is 0 Å². The zero-order chi connectivity index (χ0) is 18.2. The quantitative estimate of drug-likeness (QED) is 0.321. The van der Waals surface area contributed by atoms with Gasteiger partial charge in [-0.25, -0.2) is 4.79 Å². The minimum absolute atomic E-state index is 0.0519. The predicted octanol–water partition coefficient (Wildman–Crippen LogP) is 4.35. The lowest BCUT2D eigenvalue weighted by Crippen LogP contribution is -2.10. The number of non-ortho nitro benzene ring substituents is 1. The molecule has 2 rings (SSSR count). The van der Waals surface area contributed by atoms with Crippen molar-refractivity contribution in [1.29, 1.82) is 0 Å². The third-order valence-corrected chi connectivity index (χ3v) is 3.11. The van der Waals surface area contributed by atoms with E-state index in [9.17, 15) is 14.9 Å². The molecule has 0 unspecified atom stereocenters. The third kappa shape index (κ3) is 6.14. The highest BCUT2D eigenvalue weighted by Gasteiger charge is 2.09. The van der Waals surface area contributed by atoms with Gasteiger partial charge >= 0.3 is 6.16 Å². The number of nitro benzene ring substituents is 1. The van der Waals surface area contributed by atoms with E-state index in [4.69, 9.17) is 14.2 Å². The number of nitrogens with zero attached hydrogens (tertiary/aromatic N) is 1. The fraction of sp³-hybridized carbons (Fsp3) is 0.278. The smallest absolute Gasteiger partial charge is 0.493 e. The van der Waals surface area contributed by atoms with Gasteiger partial charge in [0.2, 0.25) is 0 Å². The summed E-state index contributed by atoms with van der Waals surface area (Å²) in [6.45, 7) is 4.82. The summed E-state index contributed by atoms with van der Waals surface area (Å²) in [5.74, 6) is 1.37. The number of benzene rings is 2. The molecule has 0 aliphatic carbocycles. The molecule has 0 radical (unpaired) electrons. The Bertz CT molecular complexity index is 709. The van der Waals surface area contributed by atoms with Gasteiger partial charge in [0, 0.05) is 12.1 Å². The van der Waals surface area contributed by atoms with Gasteiger partial charge in [-0.2, -0.15) is 0 Å². The average Bonchev–Trinajstić information content (AvgIpc) is 2.59. The average molecular weight is 345 g/mol. The molecular formula is C18H19NO6. The zero-order valence-corrected chi connectivity index (χ0v) is 14.0. The van der Waals surface area contributed by atoms with Crippen molar-refractivity contribution < 1.29 is 23.9 Å². The zero-order valence-electron chi connectivity index (χ0n) is 14.0. The highest BCUT2D eigenvalue weighted by Crippen LogP contribution is 2.18. The van der Waals surface area contributed by atoms with Crippen molar-refractivity contribution in [1.82, 2.24) is 0 Å². The maximum Gasteiger partial charge on any atom is 0.514 e. The minimum Gasteiger partial charge on any atom is -0.493 e. The first-order chi connectivity index (χ1) is 11.9. The van der Waals surface area contributed by atoms with Gasteiger partial charge in [-0.15, -0.1) is 0 Å². The van der Waals surface area contributed by atoms with Crippen LogP contribution in [0.15, 0.2) is 48.5 Å². The van der Waals surface area contributed by atoms with Crippen LogP contribution in [0.4, 0.5) is 10.5 Å². The van der Waals surface area contributed by atoms with Crippen LogP contribution in [0.5, 0.6) is 11.5 Å². The monoisotopic (exact) mass is 345 g/mol. The van der Waals surface area contributed by atoms with Gasteiger partial charge in [0.05, 0.1) is 11.5 Å². The normalized spacial score (nSPS) is 10.4. The molecule has 0 saturated heterocycles. The molecule has 7 heteroatoms. The van der Waals surface area contributed by atoms with Crippen LogP contribution in [0.3, 0.4) is 0 Å². The largest absolute Gasteiger partial charge is 0.514 e. The summed E-state index contributed by atoms with van der Waals surface area (Å²) in [6.07, 6.45) is -0.881. The van der Waals surface area contributed by atoms with Crippen molar-refractivity contribution >= 4 is 11.8 Å². The molecule has 0 atom stereocenters. The standard InChI is InChI=1S/C18H19NO6/c1-13(2)11-23-16-7-3-14(4-8-16)12-24-18(20)25-17-9-5-15(6-10-17)19(21)22/h3-10,13H,11-12H2,1-2H3. The molecule has 0 aromatic heterocycles. The maximum absolute atomic E-state index is 11.6. The summed E-state index contributed by atoms with van der Waals surface area (Å²) in [6, 6.07) is 12.4. The van der Waals surface area contributed by atoms with E-state index < -0.39 is 11.1 Å². The molecular weight excluding hydrogens is 326 g/mol. The molecule has 0 amide bonds. The first-order valence-corrected chi connectivity index (χ1v) is 7.75. The lowest BCUT2D eigenvalue weighted by molar-refractivity contribution is -0.384. The second-order valence-electron chi connectivity index (χ2n) is 5.74. The second kappa shape index (κ2) is 8.68. The van der Waals surface area contributed by atoms with Crippen LogP contribution in [0.1, 0.15) is 19.4 Å². The van der Waals surface area contributed by atoms with Crippen LogP contribution >= 0.6 is 0 Å². The molecule has 0 saturated carbocycles. The number of hydrogen-bond acceptors (Lipinski definition) is 6. The Morgan fingerprint density at radius 3 is 2.20 bits per heavy atom. The van der Waals surface area contributed by atoms with Crippen LogP contribution in [-0.2, 0) is 11.3 Å². The fourth-order valence-corrected chi connectivity index (χ4v) is 1.85. The molecule has 2 aromatic carbocycles. The van der Waals surface area contributed by atoms with E-state index in [2.05, 4.69) is 13.8 Å². The van der Waals surface area contributed by atoms with E-state index >= 15 is 0 Å². The lowest BCUT2D eigenvalue weighted by Gasteiger charge is -2.09. The number of ether oxygens (including phenoxy) is 3. The van der Waals surface area contributed by atoms with Crippen molar-refractivity contribution in [2.45, 2.75) is 20.5 Å². The van der Waals surface area contributed by atoms with Crippen molar-refractivity contribution in [3.63, 3.8) is 0 Å². The van der Waals surface area contributed by atoms with Crippen molar-refractivity contribution in [3.05, 3.63) is 64.2 Å². The first-order valence-electron chi connectivity index (χ1n) is 7.75. The van der Waals surface area contributed by atoms with E-state index in [-0.39, 0.29) is 18.0 Å². The van der Waals surface area contributed by atoms with E-state index in [0.717, 1.165) is 11.3 Å². The summed E-state index contributed by atoms with van der Waals surface area (Å²) in [5.41, 5.74) is 0.707. The van der Waals surface area contributed by atoms with Crippen LogP contribution in [0.2, 0.25) is 0 Å². The van der Waals surface area contributed by atoms with Gasteiger partial charge in [0.1, 0.15) is 18.1 Å². The fourth-order valence-electron chi connectivity index (χ4n) is 1.85. The molecule has 0 fully saturated rings. The number of hydrogen-bond donors (Lipinski definition) is 0. The Kier molecular flexibility index (Phi) is 6.33. The predicted molar refractivity (Wildman–Crippen MR) is 90.7 cm³/mol. The van der Waals surface area contributed by atoms with E-state index in [1.165, 1.54) is 24.3 Å². The van der Waals surface area contributed by atoms with Gasteiger partial charge < -0.3 is 14.2 Å². The molecule has 0 spiro atoms. The number of nitro groups is 1. The van der Waals surface area contributed by atoms with E-state index in [1.54, 1.807) is 12.1 Å². The van der Waals surface area contributed by atoms with E-state index in [0.29, 0.717) is 12.5 Å². The third-order valence-electron chi connectivity index (χ3n) is 3.11. The molecule has 0 aliphatic rings. The highest BCUT2D eigenvalue weighted by atomic mass is 16.7. The van der Waals surface area contributed by atoms with Crippen molar-refractivity contribution in [3.8, 4) is 11.5 Å². The number of carbonyl (C=O) groups is 1. The summed E-state index contributed by atoms with van der Waals surface area (Å²) in [5, 5.41) is 10.6. The molecule has 7 nitrogen and oxygen atoms in total. The Hall–Kier alpha value is -3.09. The summed E-state index contributed by atoms with van der Waals surface area (Å²) < 4.78 is 15.5. The Morgan fingerprint density at radius 1 is 1.04 bits per heavy atom. The minimum atomic E-state index is -0.881. The molecule has 0 bridgehead atoms. The van der Waals surface area contributed by atoms with Gasteiger partial charge in [0.25, 0.3) is 5.69 Å². The Morgan fingerprint density at radius 2 is 1.64 bits per heavy atom. The Labute approximate surface area is 145 Å². The number of rotatable bonds is 7. The van der Waals surface area contributed by atoms with Crippen LogP contribution in [0, 0.1) is 16.0 Å². The van der Waals surface area contributed by atoms with Gasteiger partial charge in [-0.1, -0.05) is 26.0 Å². The van der Waals surface area contributed by atoms with Gasteiger partial charge in [-0.3, -0.25) is 10.1 Å². The van der Waals surface area contributed by atoms with Gasteiger partial charge in [0.15, 0.2) is 0 Å². The number of carbonyl (C=O) groups excluding carboxylic acids is 1. The van der Waals surface area contributed by atoms with Crippen LogP contribution < -0.4 is 9.47 Å². The topological polar surface area (TPSA) is 87.9 Å². The Balaban J connectivity index is 1.80. The maximum atomic E-state index is 11.6. The van der Waals surface area contributed by atoms with E-state index in [1.807, 2.05) is 12.1 Å². The first kappa shape index (κ1) is 18.3. The lowest BCUT2D eigenvalue weighted by atomic mass is 10.2. The summed E-state index contributed by atoms with van der Waals surface area (Å²) >= 11 is 0. The molecule has 2 aromatic rings. The second-order valence-corrected chi connectivity index (χ2v) is 5.74. The molecule has 132 valence electrons. The summed E-state index contributed by atoms with van der Waals surface area (Å²) in [7, 11) is 0.